The number of carbonyl (C=O) groups is 1. The van der Waals surface area contributed by atoms with Crippen LogP contribution in [0, 0.1) is 28.6 Å². The third-order valence-corrected chi connectivity index (χ3v) is 8.13. The molecule has 3 aliphatic rings. The average Bonchev–Trinajstić information content (AvgIpc) is 3.20. The fraction of sp³-hybridized carbons (Fsp3) is 0.720. The molecule has 1 aromatic carbocycles. The highest BCUT2D eigenvalue weighted by Crippen LogP contribution is 2.70. The van der Waals surface area contributed by atoms with Gasteiger partial charge in [0, 0.05) is 18.6 Å². The first-order chi connectivity index (χ1) is 14.2. The van der Waals surface area contributed by atoms with Gasteiger partial charge in [-0.3, -0.25) is 4.79 Å². The highest BCUT2D eigenvalue weighted by molar-refractivity contribution is 5.78. The summed E-state index contributed by atoms with van der Waals surface area (Å²) in [6.45, 7) is 12.0. The molecule has 2 saturated carbocycles. The van der Waals surface area contributed by atoms with Gasteiger partial charge in [0.15, 0.2) is 11.5 Å². The number of hydrogen-bond donors (Lipinski definition) is 1. The Labute approximate surface area is 180 Å². The number of methoxy groups -OCH3 is 1. The second-order valence-electron chi connectivity index (χ2n) is 10.3. The first-order valence-corrected chi connectivity index (χ1v) is 11.5. The van der Waals surface area contributed by atoms with Crippen LogP contribution in [0.25, 0.3) is 0 Å². The molecule has 166 valence electrons. The Kier molecular flexibility index (Phi) is 5.54. The zero-order valence-electron chi connectivity index (χ0n) is 19.3. The van der Waals surface area contributed by atoms with Gasteiger partial charge in [0.2, 0.25) is 5.91 Å². The lowest BCUT2D eigenvalue weighted by molar-refractivity contribution is -0.139. The number of carbonyl (C=O) groups excluding carboxylic acids is 1. The van der Waals surface area contributed by atoms with Crippen molar-refractivity contribution in [3.05, 3.63) is 23.8 Å². The number of amides is 1. The predicted octanol–water partition coefficient (Wildman–Crippen LogP) is 4.75. The van der Waals surface area contributed by atoms with Gasteiger partial charge >= 0.3 is 0 Å². The summed E-state index contributed by atoms with van der Waals surface area (Å²) in [5.74, 6) is 2.70. The van der Waals surface area contributed by atoms with Gasteiger partial charge in [-0.25, -0.2) is 0 Å². The van der Waals surface area contributed by atoms with Crippen molar-refractivity contribution in [2.24, 2.45) is 28.6 Å². The molecule has 1 heterocycles. The number of hydrogen-bond acceptors (Lipinski definition) is 4. The van der Waals surface area contributed by atoms with Crippen LogP contribution in [0.3, 0.4) is 0 Å². The molecule has 5 heteroatoms. The molecule has 1 saturated heterocycles. The van der Waals surface area contributed by atoms with Crippen LogP contribution in [-0.4, -0.2) is 32.3 Å². The van der Waals surface area contributed by atoms with E-state index >= 15 is 0 Å². The smallest absolute Gasteiger partial charge is 0.222 e. The van der Waals surface area contributed by atoms with Crippen LogP contribution < -0.4 is 14.8 Å². The summed E-state index contributed by atoms with van der Waals surface area (Å²) in [5, 5.41) is 3.47. The van der Waals surface area contributed by atoms with Crippen LogP contribution in [0.15, 0.2) is 18.2 Å². The number of rotatable bonds is 6. The Balaban J connectivity index is 1.67. The van der Waals surface area contributed by atoms with E-state index in [0.29, 0.717) is 18.4 Å². The molecule has 5 nitrogen and oxygen atoms in total. The fourth-order valence-corrected chi connectivity index (χ4v) is 6.56. The van der Waals surface area contributed by atoms with E-state index in [4.69, 9.17) is 14.2 Å². The highest BCUT2D eigenvalue weighted by atomic mass is 16.5. The van der Waals surface area contributed by atoms with E-state index < -0.39 is 0 Å². The Hall–Kier alpha value is -1.75. The molecule has 1 aliphatic heterocycles. The second-order valence-corrected chi connectivity index (χ2v) is 10.3. The molecule has 0 radical (unpaired) electrons. The van der Waals surface area contributed by atoms with Gasteiger partial charge in [-0.2, -0.15) is 0 Å². The number of ether oxygens (including phenoxy) is 3. The second kappa shape index (κ2) is 7.74. The lowest BCUT2D eigenvalue weighted by Gasteiger charge is -2.53. The van der Waals surface area contributed by atoms with E-state index in [-0.39, 0.29) is 34.8 Å². The molecule has 1 aromatic rings. The van der Waals surface area contributed by atoms with Crippen LogP contribution in [0.4, 0.5) is 0 Å². The van der Waals surface area contributed by atoms with Crippen LogP contribution >= 0.6 is 0 Å². The molecule has 3 fully saturated rings. The van der Waals surface area contributed by atoms with E-state index in [9.17, 15) is 4.79 Å². The van der Waals surface area contributed by atoms with Gasteiger partial charge in [-0.15, -0.1) is 0 Å². The number of fused-ring (bicyclic) bond motifs is 1. The van der Waals surface area contributed by atoms with Crippen molar-refractivity contribution >= 4 is 5.91 Å². The lowest BCUT2D eigenvalue weighted by atomic mass is 9.58. The van der Waals surface area contributed by atoms with Crippen molar-refractivity contribution in [3.8, 4) is 11.5 Å². The topological polar surface area (TPSA) is 56.8 Å². The van der Waals surface area contributed by atoms with E-state index in [0.717, 1.165) is 36.5 Å². The van der Waals surface area contributed by atoms with Crippen LogP contribution in [-0.2, 0) is 9.53 Å². The maximum atomic E-state index is 12.7. The van der Waals surface area contributed by atoms with Gasteiger partial charge < -0.3 is 19.5 Å². The van der Waals surface area contributed by atoms with E-state index in [2.05, 4.69) is 31.3 Å². The van der Waals surface area contributed by atoms with Gasteiger partial charge in [-0.05, 0) is 66.5 Å². The van der Waals surface area contributed by atoms with Crippen LogP contribution in [0.2, 0.25) is 0 Å². The Morgan fingerprint density at radius 3 is 2.73 bits per heavy atom. The summed E-state index contributed by atoms with van der Waals surface area (Å²) >= 11 is 0. The van der Waals surface area contributed by atoms with Crippen LogP contribution in [0.1, 0.15) is 65.5 Å². The van der Waals surface area contributed by atoms with Gasteiger partial charge in [0.25, 0.3) is 0 Å². The zero-order valence-corrected chi connectivity index (χ0v) is 19.3. The molecular formula is C25H37NO4. The molecule has 2 aliphatic carbocycles. The molecular weight excluding hydrogens is 378 g/mol. The van der Waals surface area contributed by atoms with Crippen molar-refractivity contribution in [1.82, 2.24) is 5.32 Å². The predicted molar refractivity (Wildman–Crippen MR) is 117 cm³/mol. The fourth-order valence-electron chi connectivity index (χ4n) is 6.56. The number of nitrogens with one attached hydrogen (secondary N) is 1. The minimum atomic E-state index is 0.000727. The standard InChI is InChI=1S/C25H37NO4/c1-7-29-19-9-8-16(12-20(19)28-6)21-18-13-17-14-25(18,10-11-30-21)23(24(17,4)5)26-22(27)15(2)3/h8-9,12,15,17-18,21,23H,7,10-11,13-14H2,1-6H3,(H,26,27)/t17-,18-,21-,23+,25-/m1/s1. The van der Waals surface area contributed by atoms with E-state index in [1.54, 1.807) is 7.11 Å². The highest BCUT2D eigenvalue weighted by Gasteiger charge is 2.68. The molecule has 5 atom stereocenters. The van der Waals surface area contributed by atoms with E-state index in [1.165, 1.54) is 6.42 Å². The molecule has 0 unspecified atom stereocenters. The zero-order chi connectivity index (χ0) is 21.7. The molecule has 4 rings (SSSR count). The SMILES string of the molecule is CCOc1ccc([C@H]2OCC[C@@]34C[C@@H](C[C@H]23)C(C)(C)[C@@H]4NC(=O)C(C)C)cc1OC. The summed E-state index contributed by atoms with van der Waals surface area (Å²) in [4.78, 5) is 12.7. The summed E-state index contributed by atoms with van der Waals surface area (Å²) in [6.07, 6.45) is 3.39. The normalized spacial score (nSPS) is 34.0. The molecule has 0 aromatic heterocycles. The summed E-state index contributed by atoms with van der Waals surface area (Å²) in [5.41, 5.74) is 1.37. The maximum absolute atomic E-state index is 12.7. The molecule has 2 bridgehead atoms. The summed E-state index contributed by atoms with van der Waals surface area (Å²) in [6, 6.07) is 6.39. The largest absolute Gasteiger partial charge is 0.493 e. The molecule has 30 heavy (non-hydrogen) atoms. The minimum Gasteiger partial charge on any atom is -0.493 e. The van der Waals surface area contributed by atoms with Crippen LogP contribution in [0.5, 0.6) is 11.5 Å². The van der Waals surface area contributed by atoms with Crippen molar-refractivity contribution in [2.45, 2.75) is 66.0 Å². The Morgan fingerprint density at radius 1 is 1.30 bits per heavy atom. The van der Waals surface area contributed by atoms with Gasteiger partial charge in [0.1, 0.15) is 0 Å². The minimum absolute atomic E-state index is 0.000727. The first-order valence-electron chi connectivity index (χ1n) is 11.5. The van der Waals surface area contributed by atoms with Crippen molar-refractivity contribution in [3.63, 3.8) is 0 Å². The average molecular weight is 416 g/mol. The Bertz CT molecular complexity index is 804. The molecule has 1 N–H and O–H groups in total. The van der Waals surface area contributed by atoms with Crippen molar-refractivity contribution in [1.29, 1.82) is 0 Å². The summed E-state index contributed by atoms with van der Waals surface area (Å²) in [7, 11) is 1.68. The third-order valence-electron chi connectivity index (χ3n) is 8.13. The van der Waals surface area contributed by atoms with Crippen molar-refractivity contribution < 1.29 is 19.0 Å². The number of benzene rings is 1. The third kappa shape index (κ3) is 3.21. The van der Waals surface area contributed by atoms with Gasteiger partial charge in [-0.1, -0.05) is 33.8 Å². The maximum Gasteiger partial charge on any atom is 0.222 e. The lowest BCUT2D eigenvalue weighted by Crippen LogP contribution is -2.59. The van der Waals surface area contributed by atoms with E-state index in [1.807, 2.05) is 26.8 Å². The van der Waals surface area contributed by atoms with Crippen molar-refractivity contribution in [2.75, 3.05) is 20.3 Å². The molecule has 1 spiro atoms. The monoisotopic (exact) mass is 415 g/mol. The summed E-state index contributed by atoms with van der Waals surface area (Å²) < 4.78 is 17.7. The molecule has 1 amide bonds. The quantitative estimate of drug-likeness (QED) is 0.729. The van der Waals surface area contributed by atoms with Gasteiger partial charge in [0.05, 0.1) is 19.8 Å². The first kappa shape index (κ1) is 21.5. The Morgan fingerprint density at radius 2 is 2.07 bits per heavy atom.